The van der Waals surface area contributed by atoms with E-state index in [1.54, 1.807) is 0 Å². The molecule has 2 aliphatic rings. The Labute approximate surface area is 125 Å². The third kappa shape index (κ3) is 3.44. The molecule has 3 rings (SSSR count). The van der Waals surface area contributed by atoms with Crippen LogP contribution in [0.1, 0.15) is 50.7 Å². The molecule has 1 aromatic rings. The molecule has 118 valence electrons. The number of nitrogens with one attached hydrogen (secondary N) is 1. The van der Waals surface area contributed by atoms with E-state index in [1.165, 1.54) is 19.3 Å². The van der Waals surface area contributed by atoms with Gasteiger partial charge in [-0.15, -0.1) is 0 Å². The normalized spacial score (nSPS) is 25.9. The lowest BCUT2D eigenvalue weighted by atomic mass is 9.84. The molecule has 1 saturated heterocycles. The molecule has 6 nitrogen and oxygen atoms in total. The molecule has 1 aliphatic heterocycles. The van der Waals surface area contributed by atoms with Gasteiger partial charge in [-0.05, 0) is 19.8 Å². The highest BCUT2D eigenvalue weighted by Gasteiger charge is 2.39. The van der Waals surface area contributed by atoms with Crippen molar-refractivity contribution in [2.45, 2.75) is 57.1 Å². The number of ether oxygens (including phenoxy) is 2. The number of morpholine rings is 1. The van der Waals surface area contributed by atoms with Crippen LogP contribution in [0.5, 0.6) is 0 Å². The van der Waals surface area contributed by atoms with Gasteiger partial charge >= 0.3 is 0 Å². The Hall–Kier alpha value is -0.980. The molecule has 6 heteroatoms. The summed E-state index contributed by atoms with van der Waals surface area (Å²) in [5.41, 5.74) is -0.328. The summed E-state index contributed by atoms with van der Waals surface area (Å²) in [5.74, 6) is 1.41. The summed E-state index contributed by atoms with van der Waals surface area (Å²) in [7, 11) is 0. The van der Waals surface area contributed by atoms with Crippen LogP contribution in [0.15, 0.2) is 4.52 Å². The average molecular weight is 295 g/mol. The molecular weight excluding hydrogens is 270 g/mol. The standard InChI is InChI=1S/C15H25N3O3/c1-2-20-15(6-4-3-5-7-15)14-17-13(21-18-14)10-12-11-19-9-8-16-12/h12,16H,2-11H2,1H3. The van der Waals surface area contributed by atoms with Crippen molar-refractivity contribution in [1.82, 2.24) is 15.5 Å². The average Bonchev–Trinajstić information content (AvgIpc) is 2.99. The first-order valence-corrected chi connectivity index (χ1v) is 8.10. The summed E-state index contributed by atoms with van der Waals surface area (Å²) < 4.78 is 16.9. The van der Waals surface area contributed by atoms with Crippen molar-refractivity contribution >= 4 is 0 Å². The van der Waals surface area contributed by atoms with Gasteiger partial charge in [-0.2, -0.15) is 4.98 Å². The van der Waals surface area contributed by atoms with E-state index in [4.69, 9.17) is 14.0 Å². The predicted octanol–water partition coefficient (Wildman–Crippen LogP) is 1.80. The van der Waals surface area contributed by atoms with Gasteiger partial charge in [-0.3, -0.25) is 0 Å². The Morgan fingerprint density at radius 3 is 2.90 bits per heavy atom. The minimum Gasteiger partial charge on any atom is -0.378 e. The first-order valence-electron chi connectivity index (χ1n) is 8.10. The molecule has 0 aromatic carbocycles. The van der Waals surface area contributed by atoms with Gasteiger partial charge < -0.3 is 19.3 Å². The Morgan fingerprint density at radius 2 is 2.19 bits per heavy atom. The minimum atomic E-state index is -0.328. The van der Waals surface area contributed by atoms with Gasteiger partial charge in [0.15, 0.2) is 0 Å². The van der Waals surface area contributed by atoms with Crippen molar-refractivity contribution in [3.05, 3.63) is 11.7 Å². The van der Waals surface area contributed by atoms with Gasteiger partial charge in [0.05, 0.1) is 13.2 Å². The van der Waals surface area contributed by atoms with Gasteiger partial charge in [-0.1, -0.05) is 24.4 Å². The highest BCUT2D eigenvalue weighted by molar-refractivity contribution is 5.04. The molecule has 0 amide bonds. The Balaban J connectivity index is 1.69. The second kappa shape index (κ2) is 6.85. The Bertz CT molecular complexity index is 432. The number of hydrogen-bond donors (Lipinski definition) is 1. The summed E-state index contributed by atoms with van der Waals surface area (Å²) in [5, 5.41) is 7.62. The van der Waals surface area contributed by atoms with E-state index in [-0.39, 0.29) is 11.6 Å². The molecule has 21 heavy (non-hydrogen) atoms. The van der Waals surface area contributed by atoms with Gasteiger partial charge in [0.25, 0.3) is 0 Å². The lowest BCUT2D eigenvalue weighted by molar-refractivity contribution is -0.0777. The SMILES string of the molecule is CCOC1(c2noc(CC3COCCN3)n2)CCCCC1. The maximum Gasteiger partial charge on any atom is 0.228 e. The summed E-state index contributed by atoms with van der Waals surface area (Å²) in [6.45, 7) is 5.07. The van der Waals surface area contributed by atoms with Crippen LogP contribution in [0, 0.1) is 0 Å². The predicted molar refractivity (Wildman–Crippen MR) is 77.0 cm³/mol. The third-order valence-corrected chi connectivity index (χ3v) is 4.38. The van der Waals surface area contributed by atoms with E-state index in [9.17, 15) is 0 Å². The molecule has 1 unspecified atom stereocenters. The fourth-order valence-electron chi connectivity index (χ4n) is 3.32. The molecule has 1 atom stereocenters. The molecular formula is C15H25N3O3. The summed E-state index contributed by atoms with van der Waals surface area (Å²) in [6.07, 6.45) is 6.30. The number of aromatic nitrogens is 2. The van der Waals surface area contributed by atoms with Crippen molar-refractivity contribution in [1.29, 1.82) is 0 Å². The zero-order valence-electron chi connectivity index (χ0n) is 12.8. The lowest BCUT2D eigenvalue weighted by Crippen LogP contribution is -2.42. The number of hydrogen-bond acceptors (Lipinski definition) is 6. The molecule has 2 heterocycles. The molecule has 0 radical (unpaired) electrons. The molecule has 2 fully saturated rings. The maximum atomic E-state index is 6.03. The van der Waals surface area contributed by atoms with Crippen molar-refractivity contribution in [3.8, 4) is 0 Å². The van der Waals surface area contributed by atoms with E-state index in [2.05, 4.69) is 15.5 Å². The quantitative estimate of drug-likeness (QED) is 0.893. The molecule has 1 aliphatic carbocycles. The summed E-state index contributed by atoms with van der Waals surface area (Å²) in [6, 6.07) is 0.265. The summed E-state index contributed by atoms with van der Waals surface area (Å²) in [4.78, 5) is 4.62. The van der Waals surface area contributed by atoms with Crippen LogP contribution in [0.25, 0.3) is 0 Å². The van der Waals surface area contributed by atoms with Gasteiger partial charge in [-0.25, -0.2) is 0 Å². The zero-order chi connectivity index (χ0) is 14.5. The van der Waals surface area contributed by atoms with Crippen LogP contribution in [-0.4, -0.2) is 42.5 Å². The van der Waals surface area contributed by atoms with Crippen LogP contribution < -0.4 is 5.32 Å². The first-order chi connectivity index (χ1) is 10.3. The largest absolute Gasteiger partial charge is 0.378 e. The van der Waals surface area contributed by atoms with Crippen LogP contribution in [-0.2, 0) is 21.5 Å². The number of rotatable bonds is 5. The van der Waals surface area contributed by atoms with E-state index < -0.39 is 0 Å². The van der Waals surface area contributed by atoms with Crippen molar-refractivity contribution < 1.29 is 14.0 Å². The topological polar surface area (TPSA) is 69.4 Å². The highest BCUT2D eigenvalue weighted by Crippen LogP contribution is 2.39. The third-order valence-electron chi connectivity index (χ3n) is 4.38. The lowest BCUT2D eigenvalue weighted by Gasteiger charge is -2.33. The fraction of sp³-hybridized carbons (Fsp3) is 0.867. The molecule has 0 bridgehead atoms. The monoisotopic (exact) mass is 295 g/mol. The second-order valence-electron chi connectivity index (χ2n) is 5.93. The van der Waals surface area contributed by atoms with Crippen LogP contribution in [0.4, 0.5) is 0 Å². The second-order valence-corrected chi connectivity index (χ2v) is 5.93. The maximum absolute atomic E-state index is 6.03. The minimum absolute atomic E-state index is 0.265. The number of nitrogens with zero attached hydrogens (tertiary/aromatic N) is 2. The van der Waals surface area contributed by atoms with Crippen molar-refractivity contribution in [2.75, 3.05) is 26.4 Å². The first kappa shape index (κ1) is 14.9. The van der Waals surface area contributed by atoms with Crippen molar-refractivity contribution in [2.24, 2.45) is 0 Å². The zero-order valence-corrected chi connectivity index (χ0v) is 12.8. The highest BCUT2D eigenvalue weighted by atomic mass is 16.5. The smallest absolute Gasteiger partial charge is 0.228 e. The van der Waals surface area contributed by atoms with Crippen LogP contribution in [0.3, 0.4) is 0 Å². The molecule has 0 spiro atoms. The van der Waals surface area contributed by atoms with E-state index >= 15 is 0 Å². The molecule has 1 aromatic heterocycles. The van der Waals surface area contributed by atoms with Gasteiger partial charge in [0.2, 0.25) is 11.7 Å². The van der Waals surface area contributed by atoms with E-state index in [0.717, 1.165) is 38.2 Å². The van der Waals surface area contributed by atoms with Gasteiger partial charge in [0.1, 0.15) is 5.60 Å². The summed E-state index contributed by atoms with van der Waals surface area (Å²) >= 11 is 0. The van der Waals surface area contributed by atoms with Gasteiger partial charge in [0, 0.05) is 25.6 Å². The van der Waals surface area contributed by atoms with E-state index in [0.29, 0.717) is 19.1 Å². The van der Waals surface area contributed by atoms with Crippen molar-refractivity contribution in [3.63, 3.8) is 0 Å². The van der Waals surface area contributed by atoms with Crippen LogP contribution in [0.2, 0.25) is 0 Å². The fourth-order valence-corrected chi connectivity index (χ4v) is 3.32. The molecule has 1 saturated carbocycles. The molecule has 1 N–H and O–H groups in total. The van der Waals surface area contributed by atoms with Crippen LogP contribution >= 0.6 is 0 Å². The van der Waals surface area contributed by atoms with E-state index in [1.807, 2.05) is 6.92 Å². The Kier molecular flexibility index (Phi) is 4.87. The Morgan fingerprint density at radius 1 is 1.33 bits per heavy atom.